The van der Waals surface area contributed by atoms with E-state index in [0.717, 1.165) is 0 Å². The monoisotopic (exact) mass is 260 g/mol. The van der Waals surface area contributed by atoms with Crippen LogP contribution in [-0.4, -0.2) is 34.3 Å². The zero-order chi connectivity index (χ0) is 11.5. The van der Waals surface area contributed by atoms with E-state index in [0.29, 0.717) is 0 Å². The topological polar surface area (TPSA) is 193 Å². The highest BCUT2D eigenvalue weighted by Gasteiger charge is 2.37. The standard InChI is InChI=1S/H4O6P2.H3O4P/c1-7(2,3)8(4,5)6;1-5(2,3)4/h(H2,1,2,3)(H2,4,5,6);(H3,1,2,3,4). The smallest absolute Gasteiger partial charge is 0.316 e. The normalized spacial score (nSPS) is 13.2. The second-order valence-corrected chi connectivity index (χ2v) is 7.75. The Morgan fingerprint density at radius 1 is 0.538 bits per heavy atom. The summed E-state index contributed by atoms with van der Waals surface area (Å²) in [4.78, 5) is 52.4. The van der Waals surface area contributed by atoms with Crippen molar-refractivity contribution in [2.24, 2.45) is 0 Å². The summed E-state index contributed by atoms with van der Waals surface area (Å²) in [6.07, 6.45) is 0. The van der Waals surface area contributed by atoms with E-state index in [9.17, 15) is 9.13 Å². The van der Waals surface area contributed by atoms with Crippen LogP contribution < -0.4 is 0 Å². The summed E-state index contributed by atoms with van der Waals surface area (Å²) in [5, 5.41) is 0. The van der Waals surface area contributed by atoms with Crippen molar-refractivity contribution in [1.29, 1.82) is 0 Å². The first-order valence-electron chi connectivity index (χ1n) is 2.15. The molecule has 13 heteroatoms. The quantitative estimate of drug-likeness (QED) is 0.268. The Balaban J connectivity index is 0. The summed E-state index contributed by atoms with van der Waals surface area (Å²) in [7, 11) is -15.0. The van der Waals surface area contributed by atoms with Gasteiger partial charge >= 0.3 is 22.4 Å². The lowest BCUT2D eigenvalue weighted by Gasteiger charge is -2.02. The van der Waals surface area contributed by atoms with Crippen molar-refractivity contribution in [2.45, 2.75) is 0 Å². The minimum atomic E-state index is -5.18. The molecular formula is H7O10P3. The van der Waals surface area contributed by atoms with Gasteiger partial charge in [0.15, 0.2) is 0 Å². The van der Waals surface area contributed by atoms with E-state index in [4.69, 9.17) is 38.8 Å². The molecule has 0 fully saturated rings. The number of hydrogen-bond donors (Lipinski definition) is 7. The van der Waals surface area contributed by atoms with Crippen LogP contribution in [-0.2, 0) is 13.7 Å². The van der Waals surface area contributed by atoms with Crippen molar-refractivity contribution in [3.63, 3.8) is 0 Å². The van der Waals surface area contributed by atoms with E-state index in [1.807, 2.05) is 0 Å². The number of phosphoric acid groups is 1. The first kappa shape index (κ1) is 15.9. The van der Waals surface area contributed by atoms with Gasteiger partial charge in [-0.3, -0.25) is 0 Å². The van der Waals surface area contributed by atoms with E-state index in [1.165, 1.54) is 0 Å². The Kier molecular flexibility index (Phi) is 5.82. The SMILES string of the molecule is O=P(O)(O)O.O=P(O)(O)P(=O)(O)O. The highest BCUT2D eigenvalue weighted by atomic mass is 32.1. The molecule has 0 amide bonds. The molecule has 0 aliphatic rings. The third-order valence-corrected chi connectivity index (χ3v) is 3.05. The van der Waals surface area contributed by atoms with E-state index >= 15 is 0 Å². The summed E-state index contributed by atoms with van der Waals surface area (Å²) in [6.45, 7) is 0. The number of hydrogen-bond acceptors (Lipinski definition) is 3. The maximum Gasteiger partial charge on any atom is 0.466 e. The van der Waals surface area contributed by atoms with Crippen LogP contribution in [0.15, 0.2) is 0 Å². The third-order valence-electron chi connectivity index (χ3n) is 0.339. The molecule has 0 bridgehead atoms. The minimum Gasteiger partial charge on any atom is -0.316 e. The van der Waals surface area contributed by atoms with Crippen LogP contribution in [0.2, 0.25) is 0 Å². The lowest BCUT2D eigenvalue weighted by atomic mass is 15.8. The average molecular weight is 260 g/mol. The predicted octanol–water partition coefficient (Wildman–Crippen LogP) is -1.67. The number of rotatable bonds is 1. The van der Waals surface area contributed by atoms with Crippen LogP contribution in [0.5, 0.6) is 0 Å². The van der Waals surface area contributed by atoms with E-state index in [1.54, 1.807) is 0 Å². The van der Waals surface area contributed by atoms with E-state index in [2.05, 4.69) is 0 Å². The molecule has 0 aromatic carbocycles. The molecule has 0 aliphatic heterocycles. The van der Waals surface area contributed by atoms with Crippen LogP contribution in [0.1, 0.15) is 0 Å². The van der Waals surface area contributed by atoms with Crippen molar-refractivity contribution in [3.05, 3.63) is 0 Å². The fourth-order valence-corrected chi connectivity index (χ4v) is 0. The van der Waals surface area contributed by atoms with Gasteiger partial charge in [-0.25, -0.2) is 13.7 Å². The van der Waals surface area contributed by atoms with Crippen LogP contribution >= 0.6 is 22.4 Å². The van der Waals surface area contributed by atoms with Gasteiger partial charge in [-0.05, 0) is 0 Å². The fraction of sp³-hybridized carbons (Fsp3) is 0. The van der Waals surface area contributed by atoms with E-state index in [-0.39, 0.29) is 0 Å². The summed E-state index contributed by atoms with van der Waals surface area (Å²) < 4.78 is 28.1. The van der Waals surface area contributed by atoms with Gasteiger partial charge in [0, 0.05) is 0 Å². The molecule has 0 spiro atoms. The molecule has 0 aliphatic carbocycles. The van der Waals surface area contributed by atoms with Gasteiger partial charge in [-0.15, -0.1) is 0 Å². The Morgan fingerprint density at radius 3 is 0.615 bits per heavy atom. The van der Waals surface area contributed by atoms with Crippen LogP contribution in [0.25, 0.3) is 0 Å². The molecule has 0 aromatic heterocycles. The maximum absolute atomic E-state index is 9.58. The van der Waals surface area contributed by atoms with Crippen molar-refractivity contribution in [1.82, 2.24) is 0 Å². The van der Waals surface area contributed by atoms with E-state index < -0.39 is 22.4 Å². The summed E-state index contributed by atoms with van der Waals surface area (Å²) in [5.41, 5.74) is 0. The largest absolute Gasteiger partial charge is 0.466 e. The average Bonchev–Trinajstić information content (AvgIpc) is 1.50. The zero-order valence-electron chi connectivity index (χ0n) is 5.70. The second kappa shape index (κ2) is 4.77. The lowest BCUT2D eigenvalue weighted by Crippen LogP contribution is -1.78. The molecule has 0 saturated heterocycles. The zero-order valence-corrected chi connectivity index (χ0v) is 8.38. The summed E-state index contributed by atoms with van der Waals surface area (Å²) in [6, 6.07) is 0. The van der Waals surface area contributed by atoms with Gasteiger partial charge < -0.3 is 34.3 Å². The minimum absolute atomic E-state index is 4.64. The Hall–Kier alpha value is 0.410. The van der Waals surface area contributed by atoms with Crippen LogP contribution in [0.4, 0.5) is 0 Å². The van der Waals surface area contributed by atoms with Crippen LogP contribution in [0, 0.1) is 0 Å². The predicted molar refractivity (Wildman–Crippen MR) is 38.4 cm³/mol. The molecule has 82 valence electrons. The van der Waals surface area contributed by atoms with Gasteiger partial charge in [0.2, 0.25) is 0 Å². The Labute approximate surface area is 71.3 Å². The van der Waals surface area contributed by atoms with Gasteiger partial charge in [-0.2, -0.15) is 0 Å². The van der Waals surface area contributed by atoms with Gasteiger partial charge in [0.1, 0.15) is 0 Å². The van der Waals surface area contributed by atoms with Crippen molar-refractivity contribution in [2.75, 3.05) is 0 Å². The molecule has 0 heterocycles. The molecule has 0 atom stereocenters. The molecule has 0 radical (unpaired) electrons. The molecule has 7 N–H and O–H groups in total. The maximum atomic E-state index is 9.58. The van der Waals surface area contributed by atoms with Crippen molar-refractivity contribution >= 4 is 22.4 Å². The molecule has 0 unspecified atom stereocenters. The molecular weight excluding hydrogens is 253 g/mol. The second-order valence-electron chi connectivity index (χ2n) is 1.54. The fourth-order valence-electron chi connectivity index (χ4n) is 0. The molecule has 0 aromatic rings. The van der Waals surface area contributed by atoms with Gasteiger partial charge in [-0.1, -0.05) is 0 Å². The Morgan fingerprint density at radius 2 is 0.615 bits per heavy atom. The van der Waals surface area contributed by atoms with Crippen LogP contribution in [0.3, 0.4) is 0 Å². The Bertz CT molecular complexity index is 240. The van der Waals surface area contributed by atoms with Crippen molar-refractivity contribution in [3.8, 4) is 0 Å². The molecule has 13 heavy (non-hydrogen) atoms. The van der Waals surface area contributed by atoms with Gasteiger partial charge in [0.05, 0.1) is 0 Å². The summed E-state index contributed by atoms with van der Waals surface area (Å²) >= 11 is 0. The first-order valence-corrected chi connectivity index (χ1v) is 7.64. The molecule has 10 nitrogen and oxygen atoms in total. The lowest BCUT2D eigenvalue weighted by molar-refractivity contribution is 0.275. The van der Waals surface area contributed by atoms with Gasteiger partial charge in [0.25, 0.3) is 0 Å². The van der Waals surface area contributed by atoms with Crippen molar-refractivity contribution < 1.29 is 47.9 Å². The third kappa shape index (κ3) is 15.2. The highest BCUT2D eigenvalue weighted by molar-refractivity contribution is 8.26. The molecule has 0 rings (SSSR count). The first-order chi connectivity index (χ1) is 5.25. The summed E-state index contributed by atoms with van der Waals surface area (Å²) in [5.74, 6) is 0. The molecule has 0 saturated carbocycles. The highest BCUT2D eigenvalue weighted by Crippen LogP contribution is 2.71.